The standard InChI is InChI=1S/C31H25N3O6S/c1-3-17-39-30(38)28-19(2)33-31(41-28)34-25(24(27(36)29(34)37)26(35)22-13-15-32-16-14-22)21-9-11-23(12-10-21)40-18-20-7-5-4-6-8-20/h3-16,25,35H,1,17-18H2,2H3. The van der Waals surface area contributed by atoms with Crippen LogP contribution in [-0.4, -0.2) is 39.3 Å². The van der Waals surface area contributed by atoms with Crippen molar-refractivity contribution in [2.24, 2.45) is 0 Å². The van der Waals surface area contributed by atoms with Crippen LogP contribution in [0.15, 0.2) is 97.4 Å². The quantitative estimate of drug-likeness (QED) is 0.0940. The number of carbonyl (C=O) groups is 3. The number of amides is 1. The molecule has 1 saturated heterocycles. The Kier molecular flexibility index (Phi) is 8.02. The molecule has 5 rings (SSSR count). The van der Waals surface area contributed by atoms with Gasteiger partial charge in [-0.05, 0) is 42.3 Å². The lowest BCUT2D eigenvalue weighted by Gasteiger charge is -2.23. The summed E-state index contributed by atoms with van der Waals surface area (Å²) >= 11 is 0.932. The van der Waals surface area contributed by atoms with Crippen LogP contribution in [0.1, 0.15) is 38.1 Å². The monoisotopic (exact) mass is 567 g/mol. The first kappa shape index (κ1) is 27.5. The van der Waals surface area contributed by atoms with E-state index in [1.807, 2.05) is 30.3 Å². The van der Waals surface area contributed by atoms with Crippen LogP contribution in [0.3, 0.4) is 0 Å². The van der Waals surface area contributed by atoms with E-state index >= 15 is 0 Å². The molecule has 1 atom stereocenters. The number of aromatic nitrogens is 2. The first-order chi connectivity index (χ1) is 19.9. The molecule has 1 N–H and O–H groups in total. The number of thiazole rings is 1. The maximum absolute atomic E-state index is 13.5. The lowest BCUT2D eigenvalue weighted by Crippen LogP contribution is -2.29. The predicted molar refractivity (Wildman–Crippen MR) is 154 cm³/mol. The highest BCUT2D eigenvalue weighted by Crippen LogP contribution is 2.44. The average molecular weight is 568 g/mol. The number of carbonyl (C=O) groups excluding carboxylic acids is 3. The number of anilines is 1. The molecule has 206 valence electrons. The molecule has 1 fully saturated rings. The van der Waals surface area contributed by atoms with E-state index in [4.69, 9.17) is 9.47 Å². The fourth-order valence-corrected chi connectivity index (χ4v) is 5.36. The molecule has 1 aliphatic rings. The van der Waals surface area contributed by atoms with Gasteiger partial charge in [0.25, 0.3) is 5.78 Å². The van der Waals surface area contributed by atoms with Crippen LogP contribution in [0.2, 0.25) is 0 Å². The van der Waals surface area contributed by atoms with Crippen molar-refractivity contribution >= 4 is 39.9 Å². The maximum Gasteiger partial charge on any atom is 0.350 e. The minimum Gasteiger partial charge on any atom is -0.507 e. The molecule has 0 bridgehead atoms. The summed E-state index contributed by atoms with van der Waals surface area (Å²) in [6.45, 7) is 5.54. The van der Waals surface area contributed by atoms with Crippen molar-refractivity contribution in [3.8, 4) is 5.75 Å². The number of aliphatic hydroxyl groups is 1. The van der Waals surface area contributed by atoms with Crippen molar-refractivity contribution in [2.75, 3.05) is 11.5 Å². The van der Waals surface area contributed by atoms with Crippen LogP contribution < -0.4 is 9.64 Å². The maximum atomic E-state index is 13.5. The summed E-state index contributed by atoms with van der Waals surface area (Å²) in [6.07, 6.45) is 4.40. The van der Waals surface area contributed by atoms with E-state index in [-0.39, 0.29) is 27.9 Å². The van der Waals surface area contributed by atoms with Crippen LogP contribution in [0.4, 0.5) is 5.13 Å². The van der Waals surface area contributed by atoms with Gasteiger partial charge in [0, 0.05) is 18.0 Å². The Morgan fingerprint density at radius 1 is 1.07 bits per heavy atom. The predicted octanol–water partition coefficient (Wildman–Crippen LogP) is 5.39. The normalized spacial score (nSPS) is 16.0. The minimum atomic E-state index is -1.02. The minimum absolute atomic E-state index is 0.0145. The second-order valence-electron chi connectivity index (χ2n) is 9.05. The molecule has 1 aliphatic heterocycles. The summed E-state index contributed by atoms with van der Waals surface area (Å²) in [7, 11) is 0. The summed E-state index contributed by atoms with van der Waals surface area (Å²) in [6, 6.07) is 18.7. The Morgan fingerprint density at radius 2 is 1.78 bits per heavy atom. The molecule has 0 spiro atoms. The highest BCUT2D eigenvalue weighted by atomic mass is 32.1. The topological polar surface area (TPSA) is 119 Å². The molecule has 2 aromatic heterocycles. The van der Waals surface area contributed by atoms with Crippen LogP contribution in [0.5, 0.6) is 5.75 Å². The molecule has 0 saturated carbocycles. The van der Waals surface area contributed by atoms with Gasteiger partial charge in [0.15, 0.2) is 5.13 Å². The van der Waals surface area contributed by atoms with E-state index in [2.05, 4.69) is 16.5 Å². The number of Topliss-reactive ketones (excluding diaryl/α,β-unsaturated/α-hetero) is 1. The third-order valence-electron chi connectivity index (χ3n) is 6.35. The van der Waals surface area contributed by atoms with Gasteiger partial charge in [-0.3, -0.25) is 19.5 Å². The second kappa shape index (κ2) is 12.0. The second-order valence-corrected chi connectivity index (χ2v) is 10.0. The number of aliphatic hydroxyl groups excluding tert-OH is 1. The molecule has 0 aliphatic carbocycles. The number of esters is 1. The zero-order valence-electron chi connectivity index (χ0n) is 22.0. The Labute approximate surface area is 240 Å². The van der Waals surface area contributed by atoms with Gasteiger partial charge >= 0.3 is 11.9 Å². The molecular weight excluding hydrogens is 542 g/mol. The average Bonchev–Trinajstić information content (AvgIpc) is 3.51. The summed E-state index contributed by atoms with van der Waals surface area (Å²) in [5, 5.41) is 11.4. The van der Waals surface area contributed by atoms with Crippen molar-refractivity contribution in [3.63, 3.8) is 0 Å². The molecule has 0 radical (unpaired) electrons. The summed E-state index contributed by atoms with van der Waals surface area (Å²) in [5.41, 5.74) is 2.11. The molecule has 9 nitrogen and oxygen atoms in total. The smallest absolute Gasteiger partial charge is 0.350 e. The van der Waals surface area contributed by atoms with Crippen molar-refractivity contribution in [1.29, 1.82) is 0 Å². The Balaban J connectivity index is 1.55. The molecule has 1 unspecified atom stereocenters. The number of hydrogen-bond donors (Lipinski definition) is 1. The highest BCUT2D eigenvalue weighted by Gasteiger charge is 2.48. The molecule has 3 heterocycles. The number of ketones is 1. The van der Waals surface area contributed by atoms with E-state index in [0.29, 0.717) is 29.2 Å². The van der Waals surface area contributed by atoms with Crippen molar-refractivity contribution in [2.45, 2.75) is 19.6 Å². The van der Waals surface area contributed by atoms with Gasteiger partial charge in [0.1, 0.15) is 29.6 Å². The van der Waals surface area contributed by atoms with Crippen molar-refractivity contribution < 1.29 is 29.0 Å². The Hall–Kier alpha value is -5.09. The van der Waals surface area contributed by atoms with Gasteiger partial charge in [0.05, 0.1) is 17.3 Å². The van der Waals surface area contributed by atoms with E-state index in [1.54, 1.807) is 43.3 Å². The number of pyridine rings is 1. The van der Waals surface area contributed by atoms with Gasteiger partial charge in [-0.25, -0.2) is 9.78 Å². The molecule has 2 aromatic carbocycles. The van der Waals surface area contributed by atoms with E-state index in [1.165, 1.54) is 23.4 Å². The van der Waals surface area contributed by atoms with Gasteiger partial charge in [-0.15, -0.1) is 0 Å². The van der Waals surface area contributed by atoms with Gasteiger partial charge in [-0.2, -0.15) is 0 Å². The van der Waals surface area contributed by atoms with Crippen LogP contribution >= 0.6 is 11.3 Å². The lowest BCUT2D eigenvalue weighted by molar-refractivity contribution is -0.132. The van der Waals surface area contributed by atoms with Crippen molar-refractivity contribution in [3.05, 3.63) is 125 Å². The molecular formula is C31H25N3O6S. The summed E-state index contributed by atoms with van der Waals surface area (Å²) in [5.74, 6) is -2.13. The van der Waals surface area contributed by atoms with Crippen LogP contribution in [-0.2, 0) is 20.9 Å². The number of rotatable bonds is 9. The number of nitrogens with zero attached hydrogens (tertiary/aromatic N) is 3. The molecule has 10 heteroatoms. The first-order valence-electron chi connectivity index (χ1n) is 12.6. The van der Waals surface area contributed by atoms with Crippen LogP contribution in [0, 0.1) is 6.92 Å². The van der Waals surface area contributed by atoms with E-state index in [9.17, 15) is 19.5 Å². The van der Waals surface area contributed by atoms with Gasteiger partial charge in [-0.1, -0.05) is 66.5 Å². The summed E-state index contributed by atoms with van der Waals surface area (Å²) < 4.78 is 11.1. The van der Waals surface area contributed by atoms with Gasteiger partial charge < -0.3 is 14.6 Å². The van der Waals surface area contributed by atoms with Gasteiger partial charge in [0.2, 0.25) is 0 Å². The Morgan fingerprint density at radius 3 is 2.46 bits per heavy atom. The lowest BCUT2D eigenvalue weighted by atomic mass is 9.95. The van der Waals surface area contributed by atoms with Crippen LogP contribution in [0.25, 0.3) is 5.76 Å². The third kappa shape index (κ3) is 5.64. The van der Waals surface area contributed by atoms with E-state index in [0.717, 1.165) is 16.9 Å². The molecule has 41 heavy (non-hydrogen) atoms. The zero-order valence-corrected chi connectivity index (χ0v) is 22.8. The highest BCUT2D eigenvalue weighted by molar-refractivity contribution is 7.17. The third-order valence-corrected chi connectivity index (χ3v) is 7.49. The Bertz CT molecular complexity index is 1630. The largest absolute Gasteiger partial charge is 0.507 e. The number of ether oxygens (including phenoxy) is 2. The number of hydrogen-bond acceptors (Lipinski definition) is 9. The number of benzene rings is 2. The first-order valence-corrected chi connectivity index (χ1v) is 13.4. The zero-order chi connectivity index (χ0) is 28.9. The fourth-order valence-electron chi connectivity index (χ4n) is 4.37. The number of aryl methyl sites for hydroxylation is 1. The SMILES string of the molecule is C=CCOC(=O)c1sc(N2C(=O)C(=O)C(=C(O)c3ccncc3)C2c2ccc(OCc3ccccc3)cc2)nc1C. The van der Waals surface area contributed by atoms with Crippen molar-refractivity contribution in [1.82, 2.24) is 9.97 Å². The molecule has 1 amide bonds. The van der Waals surface area contributed by atoms with E-state index < -0.39 is 23.7 Å². The fraction of sp³-hybridized carbons (Fsp3) is 0.129. The molecule has 4 aromatic rings. The summed E-state index contributed by atoms with van der Waals surface area (Å²) in [4.78, 5) is 49.2.